The highest BCUT2D eigenvalue weighted by molar-refractivity contribution is 5.76. The highest BCUT2D eigenvalue weighted by atomic mass is 16.5. The van der Waals surface area contributed by atoms with Crippen molar-refractivity contribution in [2.75, 3.05) is 46.0 Å². The number of amides is 1. The second-order valence-electron chi connectivity index (χ2n) is 7.72. The van der Waals surface area contributed by atoms with Crippen molar-refractivity contribution in [3.8, 4) is 0 Å². The van der Waals surface area contributed by atoms with Crippen LogP contribution in [0.15, 0.2) is 0 Å². The first-order valence-electron chi connectivity index (χ1n) is 9.31. The predicted octanol–water partition coefficient (Wildman–Crippen LogP) is 1.90. The van der Waals surface area contributed by atoms with E-state index >= 15 is 0 Å². The number of piperidine rings is 1. The van der Waals surface area contributed by atoms with E-state index in [0.717, 1.165) is 58.5 Å². The van der Waals surface area contributed by atoms with Crippen molar-refractivity contribution < 1.29 is 14.3 Å². The molecule has 3 fully saturated rings. The van der Waals surface area contributed by atoms with Gasteiger partial charge in [-0.3, -0.25) is 4.79 Å². The van der Waals surface area contributed by atoms with Crippen LogP contribution in [0.5, 0.6) is 0 Å². The summed E-state index contributed by atoms with van der Waals surface area (Å²) in [6, 6.07) is 0.620. The van der Waals surface area contributed by atoms with Gasteiger partial charge in [0.05, 0.1) is 18.8 Å². The van der Waals surface area contributed by atoms with Gasteiger partial charge in [0.1, 0.15) is 0 Å². The molecule has 3 saturated heterocycles. The molecule has 0 aromatic heterocycles. The third-order valence-electron chi connectivity index (χ3n) is 5.86. The van der Waals surface area contributed by atoms with Crippen molar-refractivity contribution in [3.63, 3.8) is 0 Å². The molecule has 0 aromatic carbocycles. The zero-order chi connectivity index (χ0) is 16.3. The molecule has 0 saturated carbocycles. The van der Waals surface area contributed by atoms with Crippen molar-refractivity contribution in [3.05, 3.63) is 0 Å². The number of carbonyl (C=O) groups excluding carboxylic acids is 1. The SMILES string of the molecule is CC(C)N1CCC2(CC1)CC(CC(=O)N1CCOCC1)CCO2. The molecule has 0 bridgehead atoms. The Morgan fingerprint density at radius 1 is 1.13 bits per heavy atom. The van der Waals surface area contributed by atoms with Crippen LogP contribution in [0.3, 0.4) is 0 Å². The van der Waals surface area contributed by atoms with E-state index in [4.69, 9.17) is 9.47 Å². The topological polar surface area (TPSA) is 42.0 Å². The molecule has 5 heteroatoms. The van der Waals surface area contributed by atoms with Gasteiger partial charge < -0.3 is 19.3 Å². The van der Waals surface area contributed by atoms with E-state index in [-0.39, 0.29) is 5.60 Å². The number of ether oxygens (including phenoxy) is 2. The van der Waals surface area contributed by atoms with E-state index in [1.165, 1.54) is 0 Å². The van der Waals surface area contributed by atoms with Crippen molar-refractivity contribution >= 4 is 5.91 Å². The highest BCUT2D eigenvalue weighted by Crippen LogP contribution is 2.39. The smallest absolute Gasteiger partial charge is 0.223 e. The Balaban J connectivity index is 1.51. The number of hydrogen-bond acceptors (Lipinski definition) is 4. The van der Waals surface area contributed by atoms with Gasteiger partial charge in [0, 0.05) is 45.2 Å². The maximum absolute atomic E-state index is 12.5. The fourth-order valence-corrected chi connectivity index (χ4v) is 4.29. The molecule has 132 valence electrons. The molecule has 1 spiro atoms. The van der Waals surface area contributed by atoms with Crippen LogP contribution in [0.25, 0.3) is 0 Å². The van der Waals surface area contributed by atoms with Gasteiger partial charge in [0.2, 0.25) is 5.91 Å². The average Bonchev–Trinajstić information content (AvgIpc) is 2.56. The van der Waals surface area contributed by atoms with E-state index in [2.05, 4.69) is 18.7 Å². The van der Waals surface area contributed by atoms with Crippen LogP contribution in [0.1, 0.15) is 46.0 Å². The summed E-state index contributed by atoms with van der Waals surface area (Å²) < 4.78 is 11.6. The second kappa shape index (κ2) is 7.49. The van der Waals surface area contributed by atoms with E-state index in [1.807, 2.05) is 4.90 Å². The Morgan fingerprint density at radius 3 is 2.48 bits per heavy atom. The molecule has 1 unspecified atom stereocenters. The first kappa shape index (κ1) is 17.2. The van der Waals surface area contributed by atoms with Crippen molar-refractivity contribution in [2.24, 2.45) is 5.92 Å². The zero-order valence-corrected chi connectivity index (χ0v) is 14.8. The van der Waals surface area contributed by atoms with Gasteiger partial charge in [-0.1, -0.05) is 0 Å². The summed E-state index contributed by atoms with van der Waals surface area (Å²) in [6.07, 6.45) is 5.03. The molecule has 0 aliphatic carbocycles. The summed E-state index contributed by atoms with van der Waals surface area (Å²) in [4.78, 5) is 17.0. The van der Waals surface area contributed by atoms with Gasteiger partial charge >= 0.3 is 0 Å². The third-order valence-corrected chi connectivity index (χ3v) is 5.86. The van der Waals surface area contributed by atoms with Crippen LogP contribution in [0.4, 0.5) is 0 Å². The normalized spacial score (nSPS) is 29.2. The minimum absolute atomic E-state index is 0.0413. The van der Waals surface area contributed by atoms with Crippen molar-refractivity contribution in [1.29, 1.82) is 0 Å². The number of nitrogens with zero attached hydrogens (tertiary/aromatic N) is 2. The Bertz CT molecular complexity index is 399. The zero-order valence-electron chi connectivity index (χ0n) is 14.8. The van der Waals surface area contributed by atoms with Crippen LogP contribution >= 0.6 is 0 Å². The minimum atomic E-state index is 0.0413. The first-order chi connectivity index (χ1) is 11.1. The maximum atomic E-state index is 12.5. The van der Waals surface area contributed by atoms with Crippen LogP contribution in [-0.4, -0.2) is 73.3 Å². The summed E-state index contributed by atoms with van der Waals surface area (Å²) in [5.74, 6) is 0.805. The lowest BCUT2D eigenvalue weighted by Crippen LogP contribution is -2.51. The predicted molar refractivity (Wildman–Crippen MR) is 89.4 cm³/mol. The average molecular weight is 324 g/mol. The van der Waals surface area contributed by atoms with Gasteiger partial charge in [-0.2, -0.15) is 0 Å². The lowest BCUT2D eigenvalue weighted by molar-refractivity contribution is -0.145. The van der Waals surface area contributed by atoms with Crippen LogP contribution < -0.4 is 0 Å². The molecule has 1 atom stereocenters. The number of likely N-dealkylation sites (tertiary alicyclic amines) is 1. The molecule has 23 heavy (non-hydrogen) atoms. The standard InChI is InChI=1S/C18H32N2O3/c1-15(2)19-6-4-18(5-7-19)14-16(3-10-23-18)13-17(21)20-8-11-22-12-9-20/h15-16H,3-14H2,1-2H3. The van der Waals surface area contributed by atoms with Gasteiger partial charge in [-0.25, -0.2) is 0 Å². The number of morpholine rings is 1. The van der Waals surface area contributed by atoms with E-state index < -0.39 is 0 Å². The summed E-state index contributed by atoms with van der Waals surface area (Å²) in [6.45, 7) is 10.5. The molecule has 5 nitrogen and oxygen atoms in total. The molecule has 0 radical (unpaired) electrons. The van der Waals surface area contributed by atoms with E-state index in [0.29, 0.717) is 37.5 Å². The van der Waals surface area contributed by atoms with Crippen LogP contribution in [0.2, 0.25) is 0 Å². The van der Waals surface area contributed by atoms with Gasteiger partial charge in [-0.15, -0.1) is 0 Å². The Kier molecular flexibility index (Phi) is 5.60. The molecule has 1 amide bonds. The number of carbonyl (C=O) groups is 1. The molecule has 0 N–H and O–H groups in total. The fraction of sp³-hybridized carbons (Fsp3) is 0.944. The number of hydrogen-bond donors (Lipinski definition) is 0. The summed E-state index contributed by atoms with van der Waals surface area (Å²) >= 11 is 0. The highest BCUT2D eigenvalue weighted by Gasteiger charge is 2.41. The Hall–Kier alpha value is -0.650. The lowest BCUT2D eigenvalue weighted by Gasteiger charge is -2.47. The molecule has 3 aliphatic heterocycles. The van der Waals surface area contributed by atoms with Crippen molar-refractivity contribution in [2.45, 2.75) is 57.6 Å². The molecule has 3 rings (SSSR count). The lowest BCUT2D eigenvalue weighted by atomic mass is 9.78. The van der Waals surface area contributed by atoms with E-state index in [1.54, 1.807) is 0 Å². The van der Waals surface area contributed by atoms with Crippen LogP contribution in [0, 0.1) is 5.92 Å². The summed E-state index contributed by atoms with van der Waals surface area (Å²) in [5.41, 5.74) is 0.0413. The Morgan fingerprint density at radius 2 is 1.83 bits per heavy atom. The molecule has 0 aromatic rings. The minimum Gasteiger partial charge on any atom is -0.378 e. The molecular weight excluding hydrogens is 292 g/mol. The fourth-order valence-electron chi connectivity index (χ4n) is 4.29. The molecule has 3 heterocycles. The van der Waals surface area contributed by atoms with Crippen molar-refractivity contribution in [1.82, 2.24) is 9.80 Å². The Labute approximate surface area is 140 Å². The number of rotatable bonds is 3. The largest absolute Gasteiger partial charge is 0.378 e. The third kappa shape index (κ3) is 4.25. The second-order valence-corrected chi connectivity index (χ2v) is 7.72. The quantitative estimate of drug-likeness (QED) is 0.795. The van der Waals surface area contributed by atoms with Gasteiger partial charge in [0.25, 0.3) is 0 Å². The van der Waals surface area contributed by atoms with Crippen LogP contribution in [-0.2, 0) is 14.3 Å². The maximum Gasteiger partial charge on any atom is 0.223 e. The van der Waals surface area contributed by atoms with Gasteiger partial charge in [-0.05, 0) is 45.4 Å². The molecular formula is C18H32N2O3. The summed E-state index contributed by atoms with van der Waals surface area (Å²) in [7, 11) is 0. The van der Waals surface area contributed by atoms with Gasteiger partial charge in [0.15, 0.2) is 0 Å². The monoisotopic (exact) mass is 324 g/mol. The molecule has 3 aliphatic rings. The van der Waals surface area contributed by atoms with E-state index in [9.17, 15) is 4.79 Å². The summed E-state index contributed by atoms with van der Waals surface area (Å²) in [5, 5.41) is 0. The first-order valence-corrected chi connectivity index (χ1v) is 9.31.